The van der Waals surface area contributed by atoms with Crippen molar-refractivity contribution in [2.45, 2.75) is 33.4 Å². The fourth-order valence-electron chi connectivity index (χ4n) is 2.17. The van der Waals surface area contributed by atoms with Gasteiger partial charge in [0.15, 0.2) is 0 Å². The van der Waals surface area contributed by atoms with Crippen LogP contribution in [0.4, 0.5) is 0 Å². The van der Waals surface area contributed by atoms with E-state index < -0.39 is 0 Å². The van der Waals surface area contributed by atoms with Crippen molar-refractivity contribution < 1.29 is 13.9 Å². The van der Waals surface area contributed by atoms with E-state index in [0.717, 1.165) is 54.2 Å². The number of benzene rings is 1. The minimum atomic E-state index is 0.547. The van der Waals surface area contributed by atoms with E-state index in [9.17, 15) is 0 Å². The van der Waals surface area contributed by atoms with Gasteiger partial charge in [0, 0.05) is 18.1 Å². The standard InChI is InChI=1S/C16H23NO3/c1-4-8-19-12-6-7-15-13(9-12)14(11-18-3)16(20-15)10-17-5-2/h6-7,9,17H,4-5,8,10-11H2,1-3H3. The Morgan fingerprint density at radius 2 is 2.10 bits per heavy atom. The van der Waals surface area contributed by atoms with Gasteiger partial charge in [0.05, 0.1) is 19.8 Å². The van der Waals surface area contributed by atoms with Crippen LogP contribution in [0.2, 0.25) is 0 Å². The third-order valence-electron chi connectivity index (χ3n) is 3.14. The topological polar surface area (TPSA) is 43.6 Å². The Balaban J connectivity index is 2.35. The number of hydrogen-bond donors (Lipinski definition) is 1. The lowest BCUT2D eigenvalue weighted by Gasteiger charge is -2.05. The fraction of sp³-hybridized carbons (Fsp3) is 0.500. The minimum absolute atomic E-state index is 0.547. The third kappa shape index (κ3) is 3.32. The monoisotopic (exact) mass is 277 g/mol. The summed E-state index contributed by atoms with van der Waals surface area (Å²) in [5.74, 6) is 1.82. The number of methoxy groups -OCH3 is 1. The molecule has 0 saturated carbocycles. The van der Waals surface area contributed by atoms with Crippen molar-refractivity contribution in [1.29, 1.82) is 0 Å². The lowest BCUT2D eigenvalue weighted by molar-refractivity contribution is 0.183. The zero-order valence-corrected chi connectivity index (χ0v) is 12.5. The zero-order valence-electron chi connectivity index (χ0n) is 12.5. The molecule has 2 aromatic rings. The lowest BCUT2D eigenvalue weighted by Crippen LogP contribution is -2.12. The van der Waals surface area contributed by atoms with Gasteiger partial charge in [-0.05, 0) is 31.2 Å². The Kier molecular flexibility index (Phi) is 5.44. The molecule has 0 saturated heterocycles. The van der Waals surface area contributed by atoms with Crippen LogP contribution in [0.25, 0.3) is 11.0 Å². The second kappa shape index (κ2) is 7.31. The van der Waals surface area contributed by atoms with Crippen molar-refractivity contribution in [3.63, 3.8) is 0 Å². The number of hydrogen-bond acceptors (Lipinski definition) is 4. The zero-order chi connectivity index (χ0) is 14.4. The molecule has 0 aliphatic heterocycles. The fourth-order valence-corrected chi connectivity index (χ4v) is 2.17. The predicted molar refractivity (Wildman–Crippen MR) is 80.1 cm³/mol. The molecule has 0 aliphatic carbocycles. The second-order valence-electron chi connectivity index (χ2n) is 4.72. The van der Waals surface area contributed by atoms with Crippen molar-refractivity contribution in [2.75, 3.05) is 20.3 Å². The molecule has 110 valence electrons. The molecule has 1 N–H and O–H groups in total. The summed E-state index contributed by atoms with van der Waals surface area (Å²) in [5.41, 5.74) is 1.99. The number of ether oxygens (including phenoxy) is 2. The van der Waals surface area contributed by atoms with Gasteiger partial charge in [-0.15, -0.1) is 0 Å². The van der Waals surface area contributed by atoms with Crippen molar-refractivity contribution in [2.24, 2.45) is 0 Å². The molecule has 1 heterocycles. The van der Waals surface area contributed by atoms with E-state index in [4.69, 9.17) is 13.9 Å². The van der Waals surface area contributed by atoms with Crippen LogP contribution in [0.3, 0.4) is 0 Å². The van der Waals surface area contributed by atoms with Crippen LogP contribution in [0.1, 0.15) is 31.6 Å². The van der Waals surface area contributed by atoms with E-state index in [1.54, 1.807) is 7.11 Å². The van der Waals surface area contributed by atoms with Crippen LogP contribution in [0, 0.1) is 0 Å². The highest BCUT2D eigenvalue weighted by Gasteiger charge is 2.14. The molecule has 0 radical (unpaired) electrons. The Bertz CT molecular complexity index is 548. The molecular formula is C16H23NO3. The normalized spacial score (nSPS) is 11.2. The first-order valence-electron chi connectivity index (χ1n) is 7.16. The van der Waals surface area contributed by atoms with Gasteiger partial charge in [-0.3, -0.25) is 0 Å². The maximum atomic E-state index is 5.92. The van der Waals surface area contributed by atoms with Crippen LogP contribution in [-0.2, 0) is 17.9 Å². The maximum Gasteiger partial charge on any atom is 0.135 e. The van der Waals surface area contributed by atoms with Crippen LogP contribution < -0.4 is 10.1 Å². The first-order valence-corrected chi connectivity index (χ1v) is 7.16. The number of fused-ring (bicyclic) bond motifs is 1. The van der Waals surface area contributed by atoms with Crippen molar-refractivity contribution in [1.82, 2.24) is 5.32 Å². The third-order valence-corrected chi connectivity index (χ3v) is 3.14. The molecule has 2 rings (SSSR count). The van der Waals surface area contributed by atoms with Gasteiger partial charge in [-0.2, -0.15) is 0 Å². The van der Waals surface area contributed by atoms with Gasteiger partial charge < -0.3 is 19.2 Å². The van der Waals surface area contributed by atoms with Crippen LogP contribution >= 0.6 is 0 Å². The van der Waals surface area contributed by atoms with Crippen molar-refractivity contribution >= 4 is 11.0 Å². The van der Waals surface area contributed by atoms with E-state index >= 15 is 0 Å². The predicted octanol–water partition coefficient (Wildman–Crippen LogP) is 3.48. The average Bonchev–Trinajstić information content (AvgIpc) is 2.81. The van der Waals surface area contributed by atoms with Gasteiger partial charge >= 0.3 is 0 Å². The highest BCUT2D eigenvalue weighted by atomic mass is 16.5. The summed E-state index contributed by atoms with van der Waals surface area (Å²) in [6, 6.07) is 5.96. The van der Waals surface area contributed by atoms with E-state index in [2.05, 4.69) is 19.2 Å². The highest BCUT2D eigenvalue weighted by Crippen LogP contribution is 2.30. The molecule has 0 atom stereocenters. The summed E-state index contributed by atoms with van der Waals surface area (Å²) >= 11 is 0. The Hall–Kier alpha value is -1.52. The van der Waals surface area contributed by atoms with E-state index in [0.29, 0.717) is 6.61 Å². The van der Waals surface area contributed by atoms with Gasteiger partial charge in [0.25, 0.3) is 0 Å². The summed E-state index contributed by atoms with van der Waals surface area (Å²) in [6.07, 6.45) is 1.00. The molecule has 0 amide bonds. The Morgan fingerprint density at radius 3 is 2.80 bits per heavy atom. The van der Waals surface area contributed by atoms with Gasteiger partial charge in [0.2, 0.25) is 0 Å². The summed E-state index contributed by atoms with van der Waals surface area (Å²) in [7, 11) is 1.70. The molecule has 1 aromatic carbocycles. The highest BCUT2D eigenvalue weighted by molar-refractivity contribution is 5.83. The largest absolute Gasteiger partial charge is 0.494 e. The van der Waals surface area contributed by atoms with Crippen molar-refractivity contribution in [3.05, 3.63) is 29.5 Å². The molecule has 0 aliphatic rings. The number of nitrogens with one attached hydrogen (secondary N) is 1. The molecular weight excluding hydrogens is 254 g/mol. The number of rotatable bonds is 8. The summed E-state index contributed by atoms with van der Waals surface area (Å²) in [6.45, 7) is 7.08. The molecule has 0 spiro atoms. The van der Waals surface area contributed by atoms with Gasteiger partial charge in [0.1, 0.15) is 17.1 Å². The summed E-state index contributed by atoms with van der Waals surface area (Å²) in [4.78, 5) is 0. The smallest absolute Gasteiger partial charge is 0.135 e. The molecule has 1 aromatic heterocycles. The summed E-state index contributed by atoms with van der Waals surface area (Å²) < 4.78 is 16.9. The molecule has 4 heteroatoms. The van der Waals surface area contributed by atoms with E-state index in [1.807, 2.05) is 18.2 Å². The Morgan fingerprint density at radius 1 is 1.25 bits per heavy atom. The van der Waals surface area contributed by atoms with Crippen molar-refractivity contribution in [3.8, 4) is 5.75 Å². The first-order chi connectivity index (χ1) is 9.80. The molecule has 0 fully saturated rings. The average molecular weight is 277 g/mol. The van der Waals surface area contributed by atoms with Gasteiger partial charge in [-0.25, -0.2) is 0 Å². The molecule has 20 heavy (non-hydrogen) atoms. The quantitative estimate of drug-likeness (QED) is 0.802. The number of furan rings is 1. The Labute approximate surface area is 120 Å². The van der Waals surface area contributed by atoms with E-state index in [-0.39, 0.29) is 0 Å². The second-order valence-corrected chi connectivity index (χ2v) is 4.72. The lowest BCUT2D eigenvalue weighted by atomic mass is 10.1. The molecule has 0 bridgehead atoms. The maximum absolute atomic E-state index is 5.92. The van der Waals surface area contributed by atoms with Crippen LogP contribution in [-0.4, -0.2) is 20.3 Å². The SMILES string of the molecule is CCCOc1ccc2oc(CNCC)c(COC)c2c1. The van der Waals surface area contributed by atoms with Gasteiger partial charge in [-0.1, -0.05) is 13.8 Å². The molecule has 0 unspecified atom stereocenters. The summed E-state index contributed by atoms with van der Waals surface area (Å²) in [5, 5.41) is 4.37. The van der Waals surface area contributed by atoms with Crippen LogP contribution in [0.5, 0.6) is 5.75 Å². The van der Waals surface area contributed by atoms with E-state index in [1.165, 1.54) is 0 Å². The molecule has 4 nitrogen and oxygen atoms in total. The van der Waals surface area contributed by atoms with Crippen LogP contribution in [0.15, 0.2) is 22.6 Å². The first kappa shape index (κ1) is 14.9. The minimum Gasteiger partial charge on any atom is -0.494 e.